The van der Waals surface area contributed by atoms with Gasteiger partial charge in [-0.25, -0.2) is 0 Å². The third-order valence-corrected chi connectivity index (χ3v) is 4.47. The van der Waals surface area contributed by atoms with Crippen molar-refractivity contribution in [1.82, 2.24) is 5.32 Å². The highest BCUT2D eigenvalue weighted by atomic mass is 16.1. The van der Waals surface area contributed by atoms with Crippen LogP contribution in [-0.2, 0) is 6.54 Å². The van der Waals surface area contributed by atoms with Crippen molar-refractivity contribution < 1.29 is 4.79 Å². The largest absolute Gasteiger partial charge is 0.366 e. The zero-order valence-corrected chi connectivity index (χ0v) is 12.8. The number of benzene rings is 1. The van der Waals surface area contributed by atoms with Gasteiger partial charge in [-0.3, -0.25) is 4.79 Å². The first-order valence-corrected chi connectivity index (χ1v) is 7.49. The van der Waals surface area contributed by atoms with E-state index < -0.39 is 0 Å². The van der Waals surface area contributed by atoms with Crippen molar-refractivity contribution in [3.8, 4) is 0 Å². The van der Waals surface area contributed by atoms with Gasteiger partial charge in [-0.05, 0) is 48.3 Å². The van der Waals surface area contributed by atoms with E-state index in [9.17, 15) is 4.79 Å². The summed E-state index contributed by atoms with van der Waals surface area (Å²) >= 11 is 0. The van der Waals surface area contributed by atoms with Crippen LogP contribution in [0, 0.1) is 11.3 Å². The number of carbonyl (C=O) groups is 1. The highest BCUT2D eigenvalue weighted by molar-refractivity contribution is 5.92. The first-order chi connectivity index (χ1) is 9.37. The SMILES string of the molecule is CC1CC(C)(C)CCC1NCc1cccc(C(N)=O)c1. The van der Waals surface area contributed by atoms with Gasteiger partial charge < -0.3 is 11.1 Å². The molecule has 0 saturated heterocycles. The van der Waals surface area contributed by atoms with Gasteiger partial charge in [-0.2, -0.15) is 0 Å². The van der Waals surface area contributed by atoms with Crippen LogP contribution in [0.3, 0.4) is 0 Å². The van der Waals surface area contributed by atoms with Crippen LogP contribution >= 0.6 is 0 Å². The van der Waals surface area contributed by atoms with Gasteiger partial charge in [0.15, 0.2) is 0 Å². The van der Waals surface area contributed by atoms with E-state index in [4.69, 9.17) is 5.73 Å². The molecule has 3 heteroatoms. The van der Waals surface area contributed by atoms with E-state index in [-0.39, 0.29) is 5.91 Å². The lowest BCUT2D eigenvalue weighted by atomic mass is 9.70. The first-order valence-electron chi connectivity index (χ1n) is 7.49. The van der Waals surface area contributed by atoms with Crippen LogP contribution in [0.1, 0.15) is 56.0 Å². The quantitative estimate of drug-likeness (QED) is 0.886. The molecule has 20 heavy (non-hydrogen) atoms. The Bertz CT molecular complexity index is 482. The molecule has 0 spiro atoms. The number of hydrogen-bond acceptors (Lipinski definition) is 2. The normalized spacial score (nSPS) is 25.4. The maximum atomic E-state index is 11.2. The Kier molecular flexibility index (Phi) is 4.48. The molecule has 1 saturated carbocycles. The Hall–Kier alpha value is -1.35. The monoisotopic (exact) mass is 274 g/mol. The fourth-order valence-electron chi connectivity index (χ4n) is 3.33. The number of nitrogens with two attached hydrogens (primary N) is 1. The summed E-state index contributed by atoms with van der Waals surface area (Å²) in [7, 11) is 0. The van der Waals surface area contributed by atoms with Crippen LogP contribution in [0.4, 0.5) is 0 Å². The predicted octanol–water partition coefficient (Wildman–Crippen LogP) is 3.09. The fourth-order valence-corrected chi connectivity index (χ4v) is 3.33. The molecule has 0 bridgehead atoms. The van der Waals surface area contributed by atoms with Gasteiger partial charge in [0.2, 0.25) is 5.91 Å². The Balaban J connectivity index is 1.92. The second-order valence-corrected chi connectivity index (χ2v) is 6.94. The number of amides is 1. The number of carbonyl (C=O) groups excluding carboxylic acids is 1. The average Bonchev–Trinajstić information content (AvgIpc) is 2.37. The molecular weight excluding hydrogens is 248 g/mol. The molecular formula is C17H26N2O. The lowest BCUT2D eigenvalue weighted by Gasteiger charge is -2.39. The van der Waals surface area contributed by atoms with Crippen LogP contribution in [0.5, 0.6) is 0 Å². The third-order valence-electron chi connectivity index (χ3n) is 4.47. The maximum absolute atomic E-state index is 11.2. The Morgan fingerprint density at radius 2 is 2.20 bits per heavy atom. The van der Waals surface area contributed by atoms with Crippen molar-refractivity contribution in [3.05, 3.63) is 35.4 Å². The molecule has 2 unspecified atom stereocenters. The second-order valence-electron chi connectivity index (χ2n) is 6.94. The molecule has 1 fully saturated rings. The smallest absolute Gasteiger partial charge is 0.248 e. The second kappa shape index (κ2) is 5.96. The van der Waals surface area contributed by atoms with Crippen molar-refractivity contribution in [2.75, 3.05) is 0 Å². The minimum absolute atomic E-state index is 0.361. The van der Waals surface area contributed by atoms with Crippen molar-refractivity contribution in [2.24, 2.45) is 17.1 Å². The molecule has 0 aromatic heterocycles. The lowest BCUT2D eigenvalue weighted by Crippen LogP contribution is -2.41. The molecule has 3 nitrogen and oxygen atoms in total. The number of hydrogen-bond donors (Lipinski definition) is 2. The van der Waals surface area contributed by atoms with Gasteiger partial charge in [-0.15, -0.1) is 0 Å². The van der Waals surface area contributed by atoms with Crippen molar-refractivity contribution in [2.45, 2.75) is 52.6 Å². The minimum atomic E-state index is -0.361. The lowest BCUT2D eigenvalue weighted by molar-refractivity contribution is 0.1000. The molecule has 0 aliphatic heterocycles. The Labute approximate surface area is 121 Å². The van der Waals surface area contributed by atoms with Crippen LogP contribution in [0.15, 0.2) is 24.3 Å². The van der Waals surface area contributed by atoms with Gasteiger partial charge in [0.05, 0.1) is 0 Å². The minimum Gasteiger partial charge on any atom is -0.366 e. The van der Waals surface area contributed by atoms with Gasteiger partial charge in [-0.1, -0.05) is 32.9 Å². The van der Waals surface area contributed by atoms with E-state index in [1.807, 2.05) is 18.2 Å². The van der Waals surface area contributed by atoms with Crippen LogP contribution < -0.4 is 11.1 Å². The molecule has 0 heterocycles. The Morgan fingerprint density at radius 1 is 1.45 bits per heavy atom. The molecule has 1 aromatic rings. The molecule has 0 radical (unpaired) electrons. The van der Waals surface area contributed by atoms with E-state index >= 15 is 0 Å². The summed E-state index contributed by atoms with van der Waals surface area (Å²) in [5.74, 6) is 0.331. The zero-order chi connectivity index (χ0) is 14.8. The summed E-state index contributed by atoms with van der Waals surface area (Å²) in [5.41, 5.74) is 7.50. The van der Waals surface area contributed by atoms with Gasteiger partial charge in [0.1, 0.15) is 0 Å². The van der Waals surface area contributed by atoms with Crippen LogP contribution in [0.2, 0.25) is 0 Å². The van der Waals surface area contributed by atoms with Crippen LogP contribution in [-0.4, -0.2) is 11.9 Å². The predicted molar refractivity (Wildman–Crippen MR) is 82.4 cm³/mol. The Morgan fingerprint density at radius 3 is 2.85 bits per heavy atom. The molecule has 2 atom stereocenters. The number of nitrogens with one attached hydrogen (secondary N) is 1. The third kappa shape index (κ3) is 3.83. The zero-order valence-electron chi connectivity index (χ0n) is 12.8. The summed E-state index contributed by atoms with van der Waals surface area (Å²) < 4.78 is 0. The molecule has 2 rings (SSSR count). The van der Waals surface area contributed by atoms with Gasteiger partial charge >= 0.3 is 0 Å². The number of primary amides is 1. The van der Waals surface area contributed by atoms with E-state index in [1.54, 1.807) is 6.07 Å². The van der Waals surface area contributed by atoms with E-state index in [2.05, 4.69) is 26.1 Å². The van der Waals surface area contributed by atoms with Crippen molar-refractivity contribution >= 4 is 5.91 Å². The molecule has 1 aliphatic carbocycles. The van der Waals surface area contributed by atoms with Crippen molar-refractivity contribution in [3.63, 3.8) is 0 Å². The molecule has 1 amide bonds. The number of rotatable bonds is 4. The molecule has 1 aliphatic rings. The maximum Gasteiger partial charge on any atom is 0.248 e. The molecule has 110 valence electrons. The fraction of sp³-hybridized carbons (Fsp3) is 0.588. The molecule has 1 aromatic carbocycles. The van der Waals surface area contributed by atoms with Crippen LogP contribution in [0.25, 0.3) is 0 Å². The molecule has 3 N–H and O–H groups in total. The topological polar surface area (TPSA) is 55.1 Å². The summed E-state index contributed by atoms with van der Waals surface area (Å²) in [5, 5.41) is 3.64. The standard InChI is InChI=1S/C17H26N2O/c1-12-10-17(2,3)8-7-15(12)19-11-13-5-4-6-14(9-13)16(18)20/h4-6,9,12,15,19H,7-8,10-11H2,1-3H3,(H2,18,20). The van der Waals surface area contributed by atoms with E-state index in [0.29, 0.717) is 22.9 Å². The summed E-state index contributed by atoms with van der Waals surface area (Å²) in [6.45, 7) is 7.85. The first kappa shape index (κ1) is 15.0. The van der Waals surface area contributed by atoms with Crippen molar-refractivity contribution in [1.29, 1.82) is 0 Å². The van der Waals surface area contributed by atoms with E-state index in [1.165, 1.54) is 19.3 Å². The highest BCUT2D eigenvalue weighted by Gasteiger charge is 2.31. The van der Waals surface area contributed by atoms with Gasteiger partial charge in [0.25, 0.3) is 0 Å². The summed E-state index contributed by atoms with van der Waals surface area (Å²) in [6.07, 6.45) is 3.77. The summed E-state index contributed by atoms with van der Waals surface area (Å²) in [4.78, 5) is 11.2. The van der Waals surface area contributed by atoms with E-state index in [0.717, 1.165) is 12.1 Å². The van der Waals surface area contributed by atoms with Gasteiger partial charge in [0, 0.05) is 18.2 Å². The summed E-state index contributed by atoms with van der Waals surface area (Å²) in [6, 6.07) is 8.14. The average molecular weight is 274 g/mol. The highest BCUT2D eigenvalue weighted by Crippen LogP contribution is 2.38.